The molecule has 1 saturated heterocycles. The molecular formula is C24H25FN2O4. The van der Waals surface area contributed by atoms with Gasteiger partial charge in [-0.15, -0.1) is 0 Å². The van der Waals surface area contributed by atoms with Crippen molar-refractivity contribution in [3.8, 4) is 11.5 Å². The number of rotatable bonds is 7. The maximum Gasteiger partial charge on any atom is 0.260 e. The Morgan fingerprint density at radius 1 is 1.23 bits per heavy atom. The van der Waals surface area contributed by atoms with Crippen molar-refractivity contribution in [1.29, 1.82) is 0 Å². The van der Waals surface area contributed by atoms with Gasteiger partial charge in [-0.2, -0.15) is 0 Å². The van der Waals surface area contributed by atoms with Gasteiger partial charge in [-0.05, 0) is 54.8 Å². The molecular weight excluding hydrogens is 399 g/mol. The van der Waals surface area contributed by atoms with Crippen LogP contribution in [0.15, 0.2) is 59.1 Å². The van der Waals surface area contributed by atoms with Crippen molar-refractivity contribution >= 4 is 5.91 Å². The van der Waals surface area contributed by atoms with Crippen molar-refractivity contribution in [2.24, 2.45) is 0 Å². The van der Waals surface area contributed by atoms with E-state index in [1.165, 1.54) is 12.1 Å². The van der Waals surface area contributed by atoms with Gasteiger partial charge >= 0.3 is 0 Å². The molecule has 0 N–H and O–H groups in total. The minimum Gasteiger partial charge on any atom is -0.497 e. The van der Waals surface area contributed by atoms with Gasteiger partial charge in [-0.25, -0.2) is 9.37 Å². The minimum absolute atomic E-state index is 0.0184. The van der Waals surface area contributed by atoms with E-state index in [0.29, 0.717) is 36.9 Å². The van der Waals surface area contributed by atoms with E-state index >= 15 is 0 Å². The lowest BCUT2D eigenvalue weighted by molar-refractivity contribution is -0.134. The van der Waals surface area contributed by atoms with Crippen LogP contribution >= 0.6 is 0 Å². The molecule has 1 unspecified atom stereocenters. The Labute approximate surface area is 180 Å². The summed E-state index contributed by atoms with van der Waals surface area (Å²) in [5.74, 6) is 2.38. The number of piperidine rings is 1. The molecule has 0 spiro atoms. The smallest absolute Gasteiger partial charge is 0.260 e. The molecule has 2 heterocycles. The summed E-state index contributed by atoms with van der Waals surface area (Å²) in [4.78, 5) is 18.9. The molecule has 31 heavy (non-hydrogen) atoms. The number of aromatic nitrogens is 1. The quantitative estimate of drug-likeness (QED) is 0.569. The molecule has 2 aromatic carbocycles. The number of carbonyl (C=O) groups is 1. The average molecular weight is 424 g/mol. The summed E-state index contributed by atoms with van der Waals surface area (Å²) < 4.78 is 30.1. The van der Waals surface area contributed by atoms with Crippen LogP contribution in [0.3, 0.4) is 0 Å². The number of oxazole rings is 1. The molecule has 1 aromatic heterocycles. The van der Waals surface area contributed by atoms with E-state index in [1.54, 1.807) is 48.5 Å². The normalized spacial score (nSPS) is 16.2. The second-order valence-corrected chi connectivity index (χ2v) is 7.61. The van der Waals surface area contributed by atoms with Crippen LogP contribution in [0.4, 0.5) is 4.39 Å². The Morgan fingerprint density at radius 2 is 2.03 bits per heavy atom. The predicted octanol–water partition coefficient (Wildman–Crippen LogP) is 4.20. The van der Waals surface area contributed by atoms with E-state index in [1.807, 2.05) is 6.07 Å². The second kappa shape index (κ2) is 9.64. The van der Waals surface area contributed by atoms with Crippen molar-refractivity contribution in [3.63, 3.8) is 0 Å². The van der Waals surface area contributed by atoms with Crippen LogP contribution in [0.1, 0.15) is 36.0 Å². The lowest BCUT2D eigenvalue weighted by atomic mass is 9.98. The van der Waals surface area contributed by atoms with Gasteiger partial charge < -0.3 is 18.8 Å². The molecule has 3 aromatic rings. The van der Waals surface area contributed by atoms with Crippen molar-refractivity contribution in [2.75, 3.05) is 26.8 Å². The molecule has 0 bridgehead atoms. The van der Waals surface area contributed by atoms with Crippen molar-refractivity contribution in [2.45, 2.75) is 25.2 Å². The monoisotopic (exact) mass is 424 g/mol. The zero-order valence-corrected chi connectivity index (χ0v) is 17.4. The Hall–Kier alpha value is -3.35. The average Bonchev–Trinajstić information content (AvgIpc) is 3.26. The first-order chi connectivity index (χ1) is 15.1. The maximum absolute atomic E-state index is 13.4. The first kappa shape index (κ1) is 20.9. The molecule has 0 saturated carbocycles. The fraction of sp³-hybridized carbons (Fsp3) is 0.333. The van der Waals surface area contributed by atoms with E-state index < -0.39 is 0 Å². The van der Waals surface area contributed by atoms with Gasteiger partial charge in [0.25, 0.3) is 5.91 Å². The van der Waals surface area contributed by atoms with E-state index in [0.717, 1.165) is 24.2 Å². The van der Waals surface area contributed by atoms with Crippen LogP contribution in [0, 0.1) is 5.82 Å². The van der Waals surface area contributed by atoms with Crippen molar-refractivity contribution in [1.82, 2.24) is 9.88 Å². The highest BCUT2D eigenvalue weighted by Gasteiger charge is 2.28. The third kappa shape index (κ3) is 5.42. The summed E-state index contributed by atoms with van der Waals surface area (Å²) >= 11 is 0. The molecule has 7 heteroatoms. The van der Waals surface area contributed by atoms with Crippen LogP contribution in [0.2, 0.25) is 0 Å². The number of methoxy groups -OCH3 is 1. The minimum atomic E-state index is -0.268. The summed E-state index contributed by atoms with van der Waals surface area (Å²) in [5.41, 5.74) is 0.832. The largest absolute Gasteiger partial charge is 0.497 e. The first-order valence-electron chi connectivity index (χ1n) is 10.3. The molecule has 1 aliphatic heterocycles. The lowest BCUT2D eigenvalue weighted by Gasteiger charge is -2.31. The fourth-order valence-corrected chi connectivity index (χ4v) is 3.75. The maximum atomic E-state index is 13.4. The number of nitrogens with zero attached hydrogens (tertiary/aromatic N) is 2. The molecule has 1 fully saturated rings. The number of amides is 1. The van der Waals surface area contributed by atoms with E-state index in [2.05, 4.69) is 4.98 Å². The van der Waals surface area contributed by atoms with Crippen LogP contribution in [-0.4, -0.2) is 42.6 Å². The number of likely N-dealkylation sites (tertiary alicyclic amines) is 1. The summed E-state index contributed by atoms with van der Waals surface area (Å²) in [5, 5.41) is 0. The highest BCUT2D eigenvalue weighted by atomic mass is 19.1. The van der Waals surface area contributed by atoms with Gasteiger partial charge in [0.2, 0.25) is 0 Å². The zero-order valence-electron chi connectivity index (χ0n) is 17.4. The molecule has 1 atom stereocenters. The van der Waals surface area contributed by atoms with Gasteiger partial charge in [0.15, 0.2) is 12.5 Å². The van der Waals surface area contributed by atoms with E-state index in [4.69, 9.17) is 13.9 Å². The summed E-state index contributed by atoms with van der Waals surface area (Å²) in [7, 11) is 1.60. The van der Waals surface area contributed by atoms with Crippen LogP contribution in [0.5, 0.6) is 11.5 Å². The Bertz CT molecular complexity index is 1020. The van der Waals surface area contributed by atoms with Gasteiger partial charge in [0.05, 0.1) is 19.2 Å². The molecule has 0 radical (unpaired) electrons. The molecule has 1 aliphatic rings. The first-order valence-corrected chi connectivity index (χ1v) is 10.3. The summed E-state index contributed by atoms with van der Waals surface area (Å²) in [6, 6.07) is 13.6. The fourth-order valence-electron chi connectivity index (χ4n) is 3.75. The topological polar surface area (TPSA) is 64.8 Å². The molecule has 4 rings (SSSR count). The standard InChI is InChI=1S/C24H25FN2O4/c1-29-20-7-9-21(10-8-20)30-16-23(28)27-11-3-5-18(15-27)24-26-14-22(31-24)13-17-4-2-6-19(25)12-17/h2,4,6-10,12,14,18H,3,5,11,13,15-16H2,1H3. The van der Waals surface area contributed by atoms with Crippen molar-refractivity contribution in [3.05, 3.63) is 77.8 Å². The Morgan fingerprint density at radius 3 is 2.81 bits per heavy atom. The SMILES string of the molecule is COc1ccc(OCC(=O)N2CCCC(c3ncc(Cc4cccc(F)c4)o3)C2)cc1. The third-order valence-corrected chi connectivity index (χ3v) is 5.38. The predicted molar refractivity (Wildman–Crippen MR) is 113 cm³/mol. The van der Waals surface area contributed by atoms with Gasteiger partial charge in [0, 0.05) is 19.5 Å². The number of benzene rings is 2. The number of carbonyl (C=O) groups excluding carboxylic acids is 1. The van der Waals surface area contributed by atoms with Crippen molar-refractivity contribution < 1.29 is 23.1 Å². The van der Waals surface area contributed by atoms with E-state index in [9.17, 15) is 9.18 Å². The Balaban J connectivity index is 1.32. The molecule has 1 amide bonds. The zero-order chi connectivity index (χ0) is 21.6. The number of hydrogen-bond donors (Lipinski definition) is 0. The molecule has 0 aliphatic carbocycles. The molecule has 162 valence electrons. The number of halogens is 1. The number of ether oxygens (including phenoxy) is 2. The van der Waals surface area contributed by atoms with Gasteiger partial charge in [0.1, 0.15) is 23.1 Å². The third-order valence-electron chi connectivity index (χ3n) is 5.38. The van der Waals surface area contributed by atoms with E-state index in [-0.39, 0.29) is 24.2 Å². The highest BCUT2D eigenvalue weighted by Crippen LogP contribution is 2.27. The second-order valence-electron chi connectivity index (χ2n) is 7.61. The Kier molecular flexibility index (Phi) is 6.50. The van der Waals surface area contributed by atoms with Gasteiger partial charge in [-0.1, -0.05) is 12.1 Å². The summed E-state index contributed by atoms with van der Waals surface area (Å²) in [6.07, 6.45) is 3.95. The summed E-state index contributed by atoms with van der Waals surface area (Å²) in [6.45, 7) is 1.22. The van der Waals surface area contributed by atoms with Crippen LogP contribution in [-0.2, 0) is 11.2 Å². The van der Waals surface area contributed by atoms with Crippen LogP contribution < -0.4 is 9.47 Å². The van der Waals surface area contributed by atoms with Crippen LogP contribution in [0.25, 0.3) is 0 Å². The highest BCUT2D eigenvalue weighted by molar-refractivity contribution is 5.78. The molecule has 6 nitrogen and oxygen atoms in total. The number of hydrogen-bond acceptors (Lipinski definition) is 5. The lowest BCUT2D eigenvalue weighted by Crippen LogP contribution is -2.41. The van der Waals surface area contributed by atoms with Gasteiger partial charge in [-0.3, -0.25) is 4.79 Å².